The maximum Gasteiger partial charge on any atom is 0.255 e. The minimum absolute atomic E-state index is 0.120. The molecule has 1 saturated heterocycles. The van der Waals surface area contributed by atoms with Crippen molar-refractivity contribution in [3.05, 3.63) is 33.1 Å². The Kier molecular flexibility index (Phi) is 4.55. The first-order chi connectivity index (χ1) is 8.59. The van der Waals surface area contributed by atoms with E-state index >= 15 is 0 Å². The van der Waals surface area contributed by atoms with Gasteiger partial charge in [0.05, 0.1) is 5.56 Å². The molecule has 2 unspecified atom stereocenters. The summed E-state index contributed by atoms with van der Waals surface area (Å²) in [7, 11) is 0. The monoisotopic (exact) mass is 362 g/mol. The van der Waals surface area contributed by atoms with Crippen LogP contribution in [0.5, 0.6) is 0 Å². The van der Waals surface area contributed by atoms with Gasteiger partial charge < -0.3 is 10.6 Å². The van der Waals surface area contributed by atoms with Crippen LogP contribution in [0.25, 0.3) is 0 Å². The van der Waals surface area contributed by atoms with E-state index in [4.69, 9.17) is 0 Å². The zero-order chi connectivity index (χ0) is 13.1. The van der Waals surface area contributed by atoms with Crippen molar-refractivity contribution in [2.24, 2.45) is 5.92 Å². The fourth-order valence-corrected chi connectivity index (χ4v) is 2.89. The zero-order valence-electron chi connectivity index (χ0n) is 10.2. The molecular formula is C13H16FIN2O. The Labute approximate surface area is 120 Å². The first kappa shape index (κ1) is 13.7. The van der Waals surface area contributed by atoms with E-state index in [1.165, 1.54) is 6.07 Å². The third-order valence-electron chi connectivity index (χ3n) is 3.29. The van der Waals surface area contributed by atoms with Crippen LogP contribution in [0.4, 0.5) is 4.39 Å². The molecule has 0 aromatic heterocycles. The zero-order valence-corrected chi connectivity index (χ0v) is 12.3. The number of amides is 1. The fraction of sp³-hybridized carbons (Fsp3) is 0.462. The number of carbonyl (C=O) groups is 1. The average Bonchev–Trinajstić information content (AvgIpc) is 2.32. The van der Waals surface area contributed by atoms with Crippen LogP contribution < -0.4 is 10.6 Å². The third-order valence-corrected chi connectivity index (χ3v) is 4.19. The van der Waals surface area contributed by atoms with Crippen LogP contribution in [0.2, 0.25) is 0 Å². The lowest BCUT2D eigenvalue weighted by Gasteiger charge is -2.30. The molecule has 1 aromatic carbocycles. The standard InChI is InChI=1S/C13H16FIN2O/c1-8-7-16-6-5-11(8)17-13(18)12-9(14)3-2-4-10(12)15/h2-4,8,11,16H,5-7H2,1H3,(H,17,18). The molecule has 2 rings (SSSR count). The smallest absolute Gasteiger partial charge is 0.255 e. The van der Waals surface area contributed by atoms with Gasteiger partial charge in [0, 0.05) is 9.61 Å². The van der Waals surface area contributed by atoms with Gasteiger partial charge in [-0.2, -0.15) is 0 Å². The van der Waals surface area contributed by atoms with Crippen LogP contribution in [0, 0.1) is 15.3 Å². The highest BCUT2D eigenvalue weighted by molar-refractivity contribution is 14.1. The molecule has 0 saturated carbocycles. The summed E-state index contributed by atoms with van der Waals surface area (Å²) in [6.45, 7) is 3.87. The second-order valence-electron chi connectivity index (χ2n) is 4.65. The molecular weight excluding hydrogens is 346 g/mol. The number of piperidine rings is 1. The Morgan fingerprint density at radius 3 is 3.00 bits per heavy atom. The molecule has 0 spiro atoms. The molecule has 2 N–H and O–H groups in total. The van der Waals surface area contributed by atoms with Gasteiger partial charge in [-0.3, -0.25) is 4.79 Å². The molecule has 1 fully saturated rings. The van der Waals surface area contributed by atoms with Crippen molar-refractivity contribution >= 4 is 28.5 Å². The normalized spacial score (nSPS) is 23.7. The number of benzene rings is 1. The first-order valence-electron chi connectivity index (χ1n) is 6.05. The number of carbonyl (C=O) groups excluding carboxylic acids is 1. The molecule has 1 aliphatic heterocycles. The van der Waals surface area contributed by atoms with E-state index < -0.39 is 5.82 Å². The van der Waals surface area contributed by atoms with Crippen LogP contribution in [0.1, 0.15) is 23.7 Å². The van der Waals surface area contributed by atoms with Crippen LogP contribution in [0.15, 0.2) is 18.2 Å². The fourth-order valence-electron chi connectivity index (χ4n) is 2.18. The summed E-state index contributed by atoms with van der Waals surface area (Å²) in [5, 5.41) is 6.22. The van der Waals surface area contributed by atoms with Crippen molar-refractivity contribution in [3.63, 3.8) is 0 Å². The Balaban J connectivity index is 2.12. The quantitative estimate of drug-likeness (QED) is 0.792. The summed E-state index contributed by atoms with van der Waals surface area (Å²) in [4.78, 5) is 12.1. The van der Waals surface area contributed by atoms with Gasteiger partial charge in [-0.1, -0.05) is 13.0 Å². The topological polar surface area (TPSA) is 41.1 Å². The summed E-state index contributed by atoms with van der Waals surface area (Å²) in [5.74, 6) is -0.399. The van der Waals surface area contributed by atoms with Gasteiger partial charge in [-0.05, 0) is 60.2 Å². The Hall–Kier alpha value is -0.690. The molecule has 1 heterocycles. The molecule has 0 bridgehead atoms. The van der Waals surface area contributed by atoms with Crippen LogP contribution in [-0.4, -0.2) is 25.0 Å². The molecule has 98 valence electrons. The van der Waals surface area contributed by atoms with E-state index in [2.05, 4.69) is 17.6 Å². The summed E-state index contributed by atoms with van der Waals surface area (Å²) in [5.41, 5.74) is 0.156. The third kappa shape index (κ3) is 3.00. The molecule has 0 radical (unpaired) electrons. The van der Waals surface area contributed by atoms with E-state index in [-0.39, 0.29) is 17.5 Å². The minimum atomic E-state index is -0.457. The number of hydrogen-bond donors (Lipinski definition) is 2. The molecule has 3 nitrogen and oxygen atoms in total. The highest BCUT2D eigenvalue weighted by atomic mass is 127. The first-order valence-corrected chi connectivity index (χ1v) is 7.13. The van der Waals surface area contributed by atoms with Crippen molar-refractivity contribution in [2.75, 3.05) is 13.1 Å². The van der Waals surface area contributed by atoms with Gasteiger partial charge in [0.25, 0.3) is 5.91 Å². The lowest BCUT2D eigenvalue weighted by atomic mass is 9.95. The van der Waals surface area contributed by atoms with Crippen LogP contribution >= 0.6 is 22.6 Å². The van der Waals surface area contributed by atoms with E-state index in [9.17, 15) is 9.18 Å². The van der Waals surface area contributed by atoms with E-state index in [1.807, 2.05) is 22.6 Å². The molecule has 0 aliphatic carbocycles. The van der Waals surface area contributed by atoms with Gasteiger partial charge >= 0.3 is 0 Å². The van der Waals surface area contributed by atoms with Gasteiger partial charge in [0.1, 0.15) is 5.82 Å². The van der Waals surface area contributed by atoms with Crippen molar-refractivity contribution in [2.45, 2.75) is 19.4 Å². The van der Waals surface area contributed by atoms with E-state index in [1.54, 1.807) is 12.1 Å². The number of rotatable bonds is 2. The molecule has 5 heteroatoms. The lowest BCUT2D eigenvalue weighted by molar-refractivity contribution is 0.0909. The lowest BCUT2D eigenvalue weighted by Crippen LogP contribution is -2.48. The van der Waals surface area contributed by atoms with Crippen LogP contribution in [0.3, 0.4) is 0 Å². The average molecular weight is 362 g/mol. The Bertz CT molecular complexity index is 432. The summed E-state index contributed by atoms with van der Waals surface area (Å²) < 4.78 is 14.3. The van der Waals surface area contributed by atoms with E-state index in [0.29, 0.717) is 9.49 Å². The Morgan fingerprint density at radius 1 is 1.56 bits per heavy atom. The number of hydrogen-bond acceptors (Lipinski definition) is 2. The van der Waals surface area contributed by atoms with Crippen LogP contribution in [-0.2, 0) is 0 Å². The highest BCUT2D eigenvalue weighted by Crippen LogP contribution is 2.17. The predicted molar refractivity (Wildman–Crippen MR) is 77.0 cm³/mol. The van der Waals surface area contributed by atoms with Crippen molar-refractivity contribution in [1.82, 2.24) is 10.6 Å². The SMILES string of the molecule is CC1CNCCC1NC(=O)c1c(F)cccc1I. The van der Waals surface area contributed by atoms with E-state index in [0.717, 1.165) is 19.5 Å². The largest absolute Gasteiger partial charge is 0.349 e. The highest BCUT2D eigenvalue weighted by Gasteiger charge is 2.24. The molecule has 2 atom stereocenters. The van der Waals surface area contributed by atoms with Gasteiger partial charge in [-0.15, -0.1) is 0 Å². The maximum atomic E-state index is 13.7. The van der Waals surface area contributed by atoms with Gasteiger partial charge in [0.15, 0.2) is 0 Å². The van der Waals surface area contributed by atoms with Gasteiger partial charge in [0.2, 0.25) is 0 Å². The Morgan fingerprint density at radius 2 is 2.33 bits per heavy atom. The summed E-state index contributed by atoms with van der Waals surface area (Å²) >= 11 is 1.99. The van der Waals surface area contributed by atoms with Gasteiger partial charge in [-0.25, -0.2) is 4.39 Å². The summed E-state index contributed by atoms with van der Waals surface area (Å²) in [6, 6.07) is 4.79. The second kappa shape index (κ2) is 5.97. The van der Waals surface area contributed by atoms with Crippen molar-refractivity contribution in [1.29, 1.82) is 0 Å². The van der Waals surface area contributed by atoms with Crippen molar-refractivity contribution in [3.8, 4) is 0 Å². The maximum absolute atomic E-state index is 13.7. The minimum Gasteiger partial charge on any atom is -0.349 e. The molecule has 1 amide bonds. The molecule has 1 aliphatic rings. The number of halogens is 2. The second-order valence-corrected chi connectivity index (χ2v) is 5.81. The molecule has 18 heavy (non-hydrogen) atoms. The van der Waals surface area contributed by atoms with Crippen molar-refractivity contribution < 1.29 is 9.18 Å². The predicted octanol–water partition coefficient (Wildman–Crippen LogP) is 2.16. The number of nitrogens with one attached hydrogen (secondary N) is 2. The summed E-state index contributed by atoms with van der Waals surface area (Å²) in [6.07, 6.45) is 0.887. The molecule has 1 aromatic rings.